The van der Waals surface area contributed by atoms with Crippen LogP contribution >= 0.6 is 0 Å². The van der Waals surface area contributed by atoms with Gasteiger partial charge in [0.05, 0.1) is 23.7 Å². The highest BCUT2D eigenvalue weighted by atomic mass is 32.2. The largest absolute Gasteiger partial charge is 0.393 e. The molecule has 2 N–H and O–H groups in total. The molecule has 4 aliphatic carbocycles. The molecule has 6 heteroatoms. The average molecular weight is 461 g/mol. The highest BCUT2D eigenvalue weighted by molar-refractivity contribution is 7.86. The molecule has 32 heavy (non-hydrogen) atoms. The Bertz CT molecular complexity index is 989. The maximum Gasteiger partial charge on any atom is 0.296 e. The van der Waals surface area contributed by atoms with Gasteiger partial charge in [-0.15, -0.1) is 0 Å². The Morgan fingerprint density at radius 2 is 1.75 bits per heavy atom. The molecule has 0 spiro atoms. The monoisotopic (exact) mass is 460 g/mol. The van der Waals surface area contributed by atoms with Crippen LogP contribution in [0.3, 0.4) is 0 Å². The highest BCUT2D eigenvalue weighted by Crippen LogP contribution is 2.66. The lowest BCUT2D eigenvalue weighted by Crippen LogP contribution is -2.54. The summed E-state index contributed by atoms with van der Waals surface area (Å²) in [5.41, 5.74) is 1.23. The average Bonchev–Trinajstić information content (AvgIpc) is 3.08. The van der Waals surface area contributed by atoms with E-state index in [1.807, 2.05) is 0 Å². The Balaban J connectivity index is 1.49. The first-order chi connectivity index (χ1) is 15.1. The number of hydrogen-bond acceptors (Lipinski definition) is 5. The molecule has 3 saturated carbocycles. The smallest absolute Gasteiger partial charge is 0.296 e. The molecule has 0 saturated heterocycles. The number of rotatable bonds is 4. The van der Waals surface area contributed by atoms with Crippen molar-refractivity contribution in [1.82, 2.24) is 0 Å². The van der Waals surface area contributed by atoms with Gasteiger partial charge >= 0.3 is 0 Å². The molecule has 0 aromatic heterocycles. The van der Waals surface area contributed by atoms with Gasteiger partial charge < -0.3 is 10.2 Å². The van der Waals surface area contributed by atoms with Crippen molar-refractivity contribution in [3.05, 3.63) is 42.0 Å². The van der Waals surface area contributed by atoms with Gasteiger partial charge in [-0.2, -0.15) is 8.42 Å². The topological polar surface area (TPSA) is 83.8 Å². The summed E-state index contributed by atoms with van der Waals surface area (Å²) in [5, 5.41) is 21.2. The zero-order chi connectivity index (χ0) is 22.7. The van der Waals surface area contributed by atoms with Crippen molar-refractivity contribution in [1.29, 1.82) is 0 Å². The van der Waals surface area contributed by atoms with Gasteiger partial charge in [0.1, 0.15) is 0 Å². The van der Waals surface area contributed by atoms with Crippen molar-refractivity contribution in [2.45, 2.75) is 75.9 Å². The summed E-state index contributed by atoms with van der Waals surface area (Å²) in [7, 11) is -3.83. The summed E-state index contributed by atoms with van der Waals surface area (Å²) in [6.45, 7) is 4.71. The zero-order valence-corrected chi connectivity index (χ0v) is 19.9. The van der Waals surface area contributed by atoms with E-state index in [1.54, 1.807) is 30.3 Å². The molecule has 5 nitrogen and oxygen atoms in total. The summed E-state index contributed by atoms with van der Waals surface area (Å²) >= 11 is 0. The minimum absolute atomic E-state index is 0.0261. The molecule has 1 aromatic rings. The zero-order valence-electron chi connectivity index (χ0n) is 19.1. The van der Waals surface area contributed by atoms with E-state index in [2.05, 4.69) is 19.9 Å². The molecule has 5 rings (SSSR count). The molecular weight excluding hydrogens is 424 g/mol. The van der Waals surface area contributed by atoms with E-state index >= 15 is 0 Å². The summed E-state index contributed by atoms with van der Waals surface area (Å²) < 4.78 is 31.4. The third kappa shape index (κ3) is 3.49. The molecule has 176 valence electrons. The number of hydrogen-bond donors (Lipinski definition) is 2. The van der Waals surface area contributed by atoms with E-state index in [0.717, 1.165) is 38.5 Å². The minimum Gasteiger partial charge on any atom is -0.393 e. The number of aliphatic hydroxyl groups excluding tert-OH is 2. The second-order valence-electron chi connectivity index (χ2n) is 11.1. The number of benzene rings is 1. The van der Waals surface area contributed by atoms with Gasteiger partial charge in [-0.05, 0) is 85.7 Å². The minimum atomic E-state index is -3.83. The van der Waals surface area contributed by atoms with Crippen LogP contribution < -0.4 is 0 Å². The summed E-state index contributed by atoms with van der Waals surface area (Å²) in [6.07, 6.45) is 8.00. The Labute approximate surface area is 192 Å². The molecule has 0 radical (unpaired) electrons. The van der Waals surface area contributed by atoms with Gasteiger partial charge in [-0.3, -0.25) is 4.18 Å². The molecule has 8 atom stereocenters. The number of fused-ring (bicyclic) bond motifs is 5. The second kappa shape index (κ2) is 7.93. The molecule has 4 aliphatic rings. The maximum absolute atomic E-state index is 12.9. The maximum atomic E-state index is 12.9. The van der Waals surface area contributed by atoms with Crippen LogP contribution in [0.4, 0.5) is 0 Å². The normalized spacial score (nSPS) is 43.7. The summed E-state index contributed by atoms with van der Waals surface area (Å²) in [5.74, 6) is 1.07. The van der Waals surface area contributed by atoms with Crippen molar-refractivity contribution in [3.63, 3.8) is 0 Å². The first-order valence-electron chi connectivity index (χ1n) is 12.2. The van der Waals surface area contributed by atoms with Crippen molar-refractivity contribution in [3.8, 4) is 0 Å². The molecule has 0 heterocycles. The molecular formula is C26H36O5S. The summed E-state index contributed by atoms with van der Waals surface area (Å²) in [4.78, 5) is 0.183. The fourth-order valence-electron chi connectivity index (χ4n) is 7.76. The van der Waals surface area contributed by atoms with Gasteiger partial charge in [0.25, 0.3) is 10.1 Å². The van der Waals surface area contributed by atoms with Crippen LogP contribution in [0.1, 0.15) is 58.8 Å². The molecule has 0 aliphatic heterocycles. The highest BCUT2D eigenvalue weighted by Gasteiger charge is 2.60. The Morgan fingerprint density at radius 1 is 1.00 bits per heavy atom. The van der Waals surface area contributed by atoms with Gasteiger partial charge in [0, 0.05) is 5.92 Å². The number of aliphatic hydroxyl groups is 2. The van der Waals surface area contributed by atoms with Crippen molar-refractivity contribution in [2.75, 3.05) is 6.61 Å². The van der Waals surface area contributed by atoms with E-state index in [9.17, 15) is 18.6 Å². The molecule has 0 bridgehead atoms. The SMILES string of the molecule is C[C@]12CC[C@H]3[C@@H]([C@@H](COS(=O)(=O)c4ccccc4)C=C4C[C@@H](O)CC[C@@]43C)[C@@H]1CC[C@@H]2O. The van der Waals surface area contributed by atoms with Crippen LogP contribution in [-0.4, -0.2) is 37.4 Å². The second-order valence-corrected chi connectivity index (χ2v) is 12.8. The van der Waals surface area contributed by atoms with E-state index in [0.29, 0.717) is 24.2 Å². The van der Waals surface area contributed by atoms with Crippen LogP contribution in [0.5, 0.6) is 0 Å². The Hall–Kier alpha value is -1.21. The van der Waals surface area contributed by atoms with Crippen LogP contribution in [-0.2, 0) is 14.3 Å². The lowest BCUT2D eigenvalue weighted by Gasteiger charge is -2.59. The lowest BCUT2D eigenvalue weighted by molar-refractivity contribution is -0.0914. The van der Waals surface area contributed by atoms with Crippen LogP contribution in [0.25, 0.3) is 0 Å². The first-order valence-corrected chi connectivity index (χ1v) is 13.6. The molecule has 1 aromatic carbocycles. The first kappa shape index (κ1) is 22.6. The fourth-order valence-corrected chi connectivity index (χ4v) is 8.72. The van der Waals surface area contributed by atoms with Crippen LogP contribution in [0, 0.1) is 34.5 Å². The van der Waals surface area contributed by atoms with Crippen LogP contribution in [0.15, 0.2) is 46.9 Å². The summed E-state index contributed by atoms with van der Waals surface area (Å²) in [6, 6.07) is 8.33. The Morgan fingerprint density at radius 3 is 2.50 bits per heavy atom. The van der Waals surface area contributed by atoms with Crippen LogP contribution in [0.2, 0.25) is 0 Å². The third-order valence-corrected chi connectivity index (χ3v) is 10.9. The van der Waals surface area contributed by atoms with Crippen molar-refractivity contribution < 1.29 is 22.8 Å². The predicted molar refractivity (Wildman–Crippen MR) is 122 cm³/mol. The quantitative estimate of drug-likeness (QED) is 0.517. The van der Waals surface area contributed by atoms with E-state index in [4.69, 9.17) is 4.18 Å². The third-order valence-electron chi connectivity index (χ3n) is 9.64. The molecule has 3 fully saturated rings. The molecule has 0 unspecified atom stereocenters. The standard InChI is InChI=1S/C26H36O5S/c1-25-12-10-19(27)15-18(25)14-17(16-31-32(29,30)20-6-4-3-5-7-20)24-21-8-9-23(28)26(21,2)13-11-22(24)25/h3-7,14,17,19,21-24,27-28H,8-13,15-16H2,1-2H3/t17-,19+,21+,22+,23+,24+,25+,26+/m1/s1. The van der Waals surface area contributed by atoms with E-state index < -0.39 is 10.1 Å². The van der Waals surface area contributed by atoms with Crippen molar-refractivity contribution >= 4 is 10.1 Å². The van der Waals surface area contributed by atoms with E-state index in [-0.39, 0.29) is 40.5 Å². The predicted octanol–water partition coefficient (Wildman–Crippen LogP) is 4.30. The Kier molecular flexibility index (Phi) is 5.60. The van der Waals surface area contributed by atoms with Gasteiger partial charge in [0.15, 0.2) is 0 Å². The van der Waals surface area contributed by atoms with Crippen molar-refractivity contribution in [2.24, 2.45) is 34.5 Å². The van der Waals surface area contributed by atoms with Gasteiger partial charge in [0.2, 0.25) is 0 Å². The van der Waals surface area contributed by atoms with Gasteiger partial charge in [-0.25, -0.2) is 0 Å². The fraction of sp³-hybridized carbons (Fsp3) is 0.692. The van der Waals surface area contributed by atoms with E-state index in [1.165, 1.54) is 5.57 Å². The lowest BCUT2D eigenvalue weighted by atomic mass is 9.46. The van der Waals surface area contributed by atoms with Gasteiger partial charge in [-0.1, -0.05) is 43.7 Å². The molecule has 0 amide bonds.